The third-order valence-corrected chi connectivity index (χ3v) is 6.95. The van der Waals surface area contributed by atoms with E-state index in [1.54, 1.807) is 42.5 Å². The molecule has 0 fully saturated rings. The number of nitrogens with one attached hydrogen (secondary N) is 1. The second-order valence-corrected chi connectivity index (χ2v) is 10.7. The lowest BCUT2D eigenvalue weighted by Gasteiger charge is -2.24. The van der Waals surface area contributed by atoms with Crippen molar-refractivity contribution in [1.82, 2.24) is 0 Å². The van der Waals surface area contributed by atoms with Crippen molar-refractivity contribution in [2.45, 2.75) is 20.1 Å². The number of hydrogen-bond donors (Lipinski definition) is 1. The first kappa shape index (κ1) is 27.7. The number of sulfonamides is 1. The lowest BCUT2D eigenvalue weighted by Crippen LogP contribution is -2.29. The Balaban J connectivity index is 1.50. The Kier molecular flexibility index (Phi) is 8.83. The fraction of sp³-hybridized carbons (Fsp3) is 0.167. The van der Waals surface area contributed by atoms with Gasteiger partial charge >= 0.3 is 0 Å². The summed E-state index contributed by atoms with van der Waals surface area (Å²) in [5.41, 5.74) is 2.74. The average molecular weight is 549 g/mol. The molecule has 4 aromatic rings. The summed E-state index contributed by atoms with van der Waals surface area (Å²) in [6.07, 6.45) is 1.07. The predicted molar refractivity (Wildman–Crippen MR) is 150 cm³/mol. The van der Waals surface area contributed by atoms with Gasteiger partial charge in [-0.3, -0.25) is 9.10 Å². The van der Waals surface area contributed by atoms with Crippen LogP contribution in [0.4, 0.5) is 15.8 Å². The highest BCUT2D eigenvalue weighted by atomic mass is 32.2. The second-order valence-electron chi connectivity index (χ2n) is 8.75. The van der Waals surface area contributed by atoms with Crippen molar-refractivity contribution in [3.05, 3.63) is 120 Å². The zero-order valence-corrected chi connectivity index (χ0v) is 22.5. The van der Waals surface area contributed by atoms with Crippen LogP contribution in [0.5, 0.6) is 11.5 Å². The van der Waals surface area contributed by atoms with Crippen LogP contribution in [0, 0.1) is 5.82 Å². The number of benzene rings is 4. The van der Waals surface area contributed by atoms with Crippen LogP contribution in [0.3, 0.4) is 0 Å². The molecule has 0 aliphatic rings. The lowest BCUT2D eigenvalue weighted by atomic mass is 10.1. The van der Waals surface area contributed by atoms with Gasteiger partial charge < -0.3 is 14.8 Å². The average Bonchev–Trinajstić information content (AvgIpc) is 2.93. The number of nitrogens with zero attached hydrogens (tertiary/aromatic N) is 1. The molecule has 0 heterocycles. The molecule has 0 unspecified atom stereocenters. The van der Waals surface area contributed by atoms with Crippen LogP contribution in [0.2, 0.25) is 0 Å². The maximum Gasteiger partial charge on any atom is 0.255 e. The Morgan fingerprint density at radius 3 is 2.23 bits per heavy atom. The largest absolute Gasteiger partial charge is 0.494 e. The summed E-state index contributed by atoms with van der Waals surface area (Å²) < 4.78 is 51.3. The summed E-state index contributed by atoms with van der Waals surface area (Å²) >= 11 is 0. The van der Waals surface area contributed by atoms with E-state index in [1.807, 2.05) is 37.3 Å². The van der Waals surface area contributed by atoms with Crippen LogP contribution in [-0.4, -0.2) is 27.2 Å². The Hall–Kier alpha value is -4.37. The van der Waals surface area contributed by atoms with E-state index in [4.69, 9.17) is 9.47 Å². The Labute approximate surface area is 227 Å². The first-order chi connectivity index (χ1) is 18.7. The number of carbonyl (C=O) groups is 1. The van der Waals surface area contributed by atoms with Gasteiger partial charge in [-0.05, 0) is 79.2 Å². The van der Waals surface area contributed by atoms with Crippen molar-refractivity contribution in [3.8, 4) is 11.5 Å². The van der Waals surface area contributed by atoms with Crippen LogP contribution in [0.15, 0.2) is 97.1 Å². The minimum Gasteiger partial charge on any atom is -0.494 e. The van der Waals surface area contributed by atoms with Crippen molar-refractivity contribution in [2.24, 2.45) is 0 Å². The van der Waals surface area contributed by atoms with E-state index in [0.717, 1.165) is 16.1 Å². The van der Waals surface area contributed by atoms with Gasteiger partial charge in [0.05, 0.1) is 25.1 Å². The van der Waals surface area contributed by atoms with Gasteiger partial charge in [-0.15, -0.1) is 0 Å². The number of halogens is 1. The van der Waals surface area contributed by atoms with E-state index in [0.29, 0.717) is 47.2 Å². The van der Waals surface area contributed by atoms with Gasteiger partial charge in [-0.25, -0.2) is 12.8 Å². The summed E-state index contributed by atoms with van der Waals surface area (Å²) in [5, 5.41) is 2.85. The number of carbonyl (C=O) groups excluding carboxylic acids is 1. The fourth-order valence-corrected chi connectivity index (χ4v) is 4.76. The first-order valence-corrected chi connectivity index (χ1v) is 14.1. The molecule has 4 aromatic carbocycles. The molecule has 0 saturated heterocycles. The fourth-order valence-electron chi connectivity index (χ4n) is 3.88. The van der Waals surface area contributed by atoms with E-state index < -0.39 is 15.8 Å². The maximum atomic E-state index is 13.5. The summed E-state index contributed by atoms with van der Waals surface area (Å²) in [6.45, 7) is 2.50. The van der Waals surface area contributed by atoms with Crippen LogP contribution in [0.1, 0.15) is 28.4 Å². The minimum absolute atomic E-state index is 0.103. The SMILES string of the molecule is CCOc1ccc(C(=O)Nc2ccc(OCc3ccccc3)cc2)cc1CN(c1ccc(F)cc1)S(C)(=O)=O. The number of anilines is 2. The quantitative estimate of drug-likeness (QED) is 0.248. The molecule has 0 aliphatic carbocycles. The summed E-state index contributed by atoms with van der Waals surface area (Å²) in [7, 11) is -3.73. The zero-order chi connectivity index (χ0) is 27.8. The lowest BCUT2D eigenvalue weighted by molar-refractivity contribution is 0.102. The van der Waals surface area contributed by atoms with Gasteiger partial charge in [0.25, 0.3) is 5.91 Å². The van der Waals surface area contributed by atoms with E-state index in [1.165, 1.54) is 24.3 Å². The molecule has 0 radical (unpaired) electrons. The Morgan fingerprint density at radius 2 is 1.59 bits per heavy atom. The smallest absolute Gasteiger partial charge is 0.255 e. The standard InChI is InChI=1S/C30H29FN2O5S/c1-3-37-29-18-9-23(19-24(29)20-33(39(2,35)36)27-14-10-25(31)11-15-27)30(34)32-26-12-16-28(17-13-26)38-21-22-7-5-4-6-8-22/h4-19H,3,20-21H2,1-2H3,(H,32,34). The second kappa shape index (κ2) is 12.4. The Bertz CT molecular complexity index is 1510. The molecule has 1 N–H and O–H groups in total. The highest BCUT2D eigenvalue weighted by Gasteiger charge is 2.21. The van der Waals surface area contributed by atoms with Crippen LogP contribution >= 0.6 is 0 Å². The molecule has 9 heteroatoms. The van der Waals surface area contributed by atoms with Crippen LogP contribution in [-0.2, 0) is 23.2 Å². The third kappa shape index (κ3) is 7.58. The predicted octanol–water partition coefficient (Wildman–Crippen LogP) is 6.02. The summed E-state index contributed by atoms with van der Waals surface area (Å²) in [6, 6.07) is 26.9. The van der Waals surface area contributed by atoms with Crippen LogP contribution < -0.4 is 19.1 Å². The number of hydrogen-bond acceptors (Lipinski definition) is 5. The maximum absolute atomic E-state index is 13.5. The van der Waals surface area contributed by atoms with E-state index in [2.05, 4.69) is 5.32 Å². The number of rotatable bonds is 11. The van der Waals surface area contributed by atoms with Crippen molar-refractivity contribution in [3.63, 3.8) is 0 Å². The molecule has 0 spiro atoms. The highest BCUT2D eigenvalue weighted by molar-refractivity contribution is 7.92. The molecule has 1 amide bonds. The highest BCUT2D eigenvalue weighted by Crippen LogP contribution is 2.27. The minimum atomic E-state index is -3.73. The van der Waals surface area contributed by atoms with E-state index in [9.17, 15) is 17.6 Å². The van der Waals surface area contributed by atoms with Gasteiger partial charge in [0.1, 0.15) is 23.9 Å². The van der Waals surface area contributed by atoms with Crippen molar-refractivity contribution in [1.29, 1.82) is 0 Å². The molecule has 7 nitrogen and oxygen atoms in total. The molecule has 0 bridgehead atoms. The Morgan fingerprint density at radius 1 is 0.897 bits per heavy atom. The molecule has 0 saturated carbocycles. The monoisotopic (exact) mass is 548 g/mol. The normalized spacial score (nSPS) is 11.1. The third-order valence-electron chi connectivity index (χ3n) is 5.81. The van der Waals surface area contributed by atoms with Gasteiger partial charge in [-0.1, -0.05) is 30.3 Å². The van der Waals surface area contributed by atoms with Crippen LogP contribution in [0.25, 0.3) is 0 Å². The molecular weight excluding hydrogens is 519 g/mol. The molecular formula is C30H29FN2O5S. The molecule has 4 rings (SSSR count). The number of ether oxygens (including phenoxy) is 2. The topological polar surface area (TPSA) is 84.9 Å². The van der Waals surface area contributed by atoms with Crippen molar-refractivity contribution in [2.75, 3.05) is 22.5 Å². The molecule has 0 atom stereocenters. The van der Waals surface area contributed by atoms with E-state index >= 15 is 0 Å². The molecule has 202 valence electrons. The van der Waals surface area contributed by atoms with Gasteiger partial charge in [0.15, 0.2) is 0 Å². The van der Waals surface area contributed by atoms with Crippen molar-refractivity contribution >= 4 is 27.3 Å². The molecule has 39 heavy (non-hydrogen) atoms. The van der Waals surface area contributed by atoms with Gasteiger partial charge in [0.2, 0.25) is 10.0 Å². The number of amides is 1. The zero-order valence-electron chi connectivity index (χ0n) is 21.6. The van der Waals surface area contributed by atoms with Crippen molar-refractivity contribution < 1.29 is 27.1 Å². The van der Waals surface area contributed by atoms with E-state index in [-0.39, 0.29) is 12.5 Å². The summed E-state index contributed by atoms with van der Waals surface area (Å²) in [4.78, 5) is 13.1. The van der Waals surface area contributed by atoms with Gasteiger partial charge in [-0.2, -0.15) is 0 Å². The molecule has 0 aliphatic heterocycles. The first-order valence-electron chi connectivity index (χ1n) is 12.3. The molecule has 0 aromatic heterocycles. The van der Waals surface area contributed by atoms with Gasteiger partial charge in [0, 0.05) is 16.8 Å². The summed E-state index contributed by atoms with van der Waals surface area (Å²) in [5.74, 6) is 0.271.